The average molecular weight is 341 g/mol. The topological polar surface area (TPSA) is 38.8 Å². The Morgan fingerprint density at radius 3 is 2.19 bits per heavy atom. The molecular weight excluding hydrogens is 311 g/mol. The van der Waals surface area contributed by atoms with Gasteiger partial charge in [0.1, 0.15) is 0 Å². The molecule has 2 rings (SSSR count). The maximum atomic E-state index is 12.5. The SMILES string of the molecule is C[C@H]1CNC[C@H](C)N1C(=O)N(C)CCN1CCCC1.Cl.Cl. The third kappa shape index (κ3) is 5.47. The van der Waals surface area contributed by atoms with Crippen LogP contribution in [0.15, 0.2) is 0 Å². The number of carbonyl (C=O) groups is 1. The molecule has 0 saturated carbocycles. The summed E-state index contributed by atoms with van der Waals surface area (Å²) in [5.74, 6) is 0. The molecule has 126 valence electrons. The number of amides is 2. The van der Waals surface area contributed by atoms with Gasteiger partial charge in [-0.1, -0.05) is 0 Å². The number of halogens is 2. The number of likely N-dealkylation sites (tertiary alicyclic amines) is 1. The molecule has 2 saturated heterocycles. The molecule has 0 aromatic rings. The highest BCUT2D eigenvalue weighted by atomic mass is 35.5. The summed E-state index contributed by atoms with van der Waals surface area (Å²) in [5, 5.41) is 3.36. The maximum Gasteiger partial charge on any atom is 0.320 e. The highest BCUT2D eigenvalue weighted by molar-refractivity contribution is 5.85. The Hall–Kier alpha value is -0.230. The summed E-state index contributed by atoms with van der Waals surface area (Å²) in [5.41, 5.74) is 0. The molecule has 7 heteroatoms. The van der Waals surface area contributed by atoms with E-state index in [1.807, 2.05) is 16.8 Å². The monoisotopic (exact) mass is 340 g/mol. The fraction of sp³-hybridized carbons (Fsp3) is 0.929. The Labute approximate surface area is 141 Å². The molecule has 0 aromatic carbocycles. The van der Waals surface area contributed by atoms with Gasteiger partial charge in [0.15, 0.2) is 0 Å². The van der Waals surface area contributed by atoms with E-state index in [-0.39, 0.29) is 42.9 Å². The highest BCUT2D eigenvalue weighted by Crippen LogP contribution is 2.13. The molecule has 0 bridgehead atoms. The number of carbonyl (C=O) groups excluding carboxylic acids is 1. The van der Waals surface area contributed by atoms with E-state index in [0.29, 0.717) is 0 Å². The second-order valence-electron chi connectivity index (χ2n) is 6.02. The third-order valence-corrected chi connectivity index (χ3v) is 4.33. The van der Waals surface area contributed by atoms with Gasteiger partial charge in [0.25, 0.3) is 0 Å². The Morgan fingerprint density at radius 1 is 1.14 bits per heavy atom. The Bertz CT molecular complexity index is 303. The largest absolute Gasteiger partial charge is 0.326 e. The Kier molecular flexibility index (Phi) is 9.61. The molecule has 1 N–H and O–H groups in total. The Balaban J connectivity index is 0.00000200. The van der Waals surface area contributed by atoms with Crippen molar-refractivity contribution in [1.82, 2.24) is 20.0 Å². The number of hydrogen-bond donors (Lipinski definition) is 1. The lowest BCUT2D eigenvalue weighted by atomic mass is 10.1. The number of rotatable bonds is 3. The minimum atomic E-state index is 0. The fourth-order valence-electron chi connectivity index (χ4n) is 3.10. The van der Waals surface area contributed by atoms with E-state index in [1.165, 1.54) is 25.9 Å². The van der Waals surface area contributed by atoms with E-state index in [4.69, 9.17) is 0 Å². The van der Waals surface area contributed by atoms with Crippen molar-refractivity contribution in [2.24, 2.45) is 0 Å². The van der Waals surface area contributed by atoms with Crippen molar-refractivity contribution in [2.45, 2.75) is 38.8 Å². The zero-order chi connectivity index (χ0) is 13.8. The van der Waals surface area contributed by atoms with Crippen LogP contribution in [0.5, 0.6) is 0 Å². The molecule has 2 aliphatic heterocycles. The molecule has 2 fully saturated rings. The zero-order valence-electron chi connectivity index (χ0n) is 13.4. The molecule has 0 spiro atoms. The third-order valence-electron chi connectivity index (χ3n) is 4.33. The van der Waals surface area contributed by atoms with Crippen molar-refractivity contribution >= 4 is 30.8 Å². The summed E-state index contributed by atoms with van der Waals surface area (Å²) in [6.07, 6.45) is 2.62. The standard InChI is InChI=1S/C14H28N4O.2ClH/c1-12-10-15-11-13(2)18(12)14(19)16(3)8-9-17-6-4-5-7-17;;/h12-13,15H,4-11H2,1-3H3;2*1H/t12-,13-;;/m0../s1. The molecule has 5 nitrogen and oxygen atoms in total. The van der Waals surface area contributed by atoms with Gasteiger partial charge in [-0.15, -0.1) is 24.8 Å². The lowest BCUT2D eigenvalue weighted by molar-refractivity contribution is 0.104. The van der Waals surface area contributed by atoms with E-state index in [1.54, 1.807) is 0 Å². The predicted octanol–water partition coefficient (Wildman–Crippen LogP) is 1.66. The summed E-state index contributed by atoms with van der Waals surface area (Å²) >= 11 is 0. The first-order valence-corrected chi connectivity index (χ1v) is 7.56. The number of hydrogen-bond acceptors (Lipinski definition) is 3. The van der Waals surface area contributed by atoms with Crippen LogP contribution >= 0.6 is 24.8 Å². The van der Waals surface area contributed by atoms with Crippen LogP contribution in [0.2, 0.25) is 0 Å². The summed E-state index contributed by atoms with van der Waals surface area (Å²) < 4.78 is 0. The van der Waals surface area contributed by atoms with Gasteiger partial charge in [-0.2, -0.15) is 0 Å². The van der Waals surface area contributed by atoms with E-state index in [0.717, 1.165) is 26.2 Å². The van der Waals surface area contributed by atoms with E-state index >= 15 is 0 Å². The minimum Gasteiger partial charge on any atom is -0.326 e. The molecule has 2 heterocycles. The van der Waals surface area contributed by atoms with Gasteiger partial charge in [0.2, 0.25) is 0 Å². The van der Waals surface area contributed by atoms with Crippen LogP contribution in [-0.4, -0.2) is 79.1 Å². The minimum absolute atomic E-state index is 0. The van der Waals surface area contributed by atoms with E-state index < -0.39 is 0 Å². The highest BCUT2D eigenvalue weighted by Gasteiger charge is 2.30. The molecule has 0 aliphatic carbocycles. The van der Waals surface area contributed by atoms with Gasteiger partial charge in [-0.05, 0) is 39.8 Å². The maximum absolute atomic E-state index is 12.5. The van der Waals surface area contributed by atoms with E-state index in [9.17, 15) is 4.79 Å². The van der Waals surface area contributed by atoms with Gasteiger partial charge in [-0.25, -0.2) is 4.79 Å². The number of urea groups is 1. The van der Waals surface area contributed by atoms with Crippen LogP contribution in [0.3, 0.4) is 0 Å². The summed E-state index contributed by atoms with van der Waals surface area (Å²) in [6.45, 7) is 10.3. The van der Waals surface area contributed by atoms with Gasteiger partial charge < -0.3 is 20.0 Å². The van der Waals surface area contributed by atoms with Crippen LogP contribution < -0.4 is 5.32 Å². The van der Waals surface area contributed by atoms with Gasteiger partial charge in [-0.3, -0.25) is 0 Å². The van der Waals surface area contributed by atoms with Crippen LogP contribution in [-0.2, 0) is 0 Å². The summed E-state index contributed by atoms with van der Waals surface area (Å²) in [6, 6.07) is 0.747. The quantitative estimate of drug-likeness (QED) is 0.849. The van der Waals surface area contributed by atoms with Crippen molar-refractivity contribution in [3.8, 4) is 0 Å². The number of piperazine rings is 1. The Morgan fingerprint density at radius 2 is 1.67 bits per heavy atom. The normalized spacial score (nSPS) is 26.0. The first-order chi connectivity index (χ1) is 9.09. The summed E-state index contributed by atoms with van der Waals surface area (Å²) in [4.78, 5) is 18.9. The van der Waals surface area contributed by atoms with Crippen LogP contribution in [0.1, 0.15) is 26.7 Å². The van der Waals surface area contributed by atoms with Crippen molar-refractivity contribution in [2.75, 3.05) is 46.3 Å². The molecule has 0 radical (unpaired) electrons. The molecule has 0 unspecified atom stereocenters. The van der Waals surface area contributed by atoms with Crippen molar-refractivity contribution in [3.63, 3.8) is 0 Å². The van der Waals surface area contributed by atoms with Crippen LogP contribution in [0, 0.1) is 0 Å². The molecule has 21 heavy (non-hydrogen) atoms. The fourth-order valence-corrected chi connectivity index (χ4v) is 3.10. The van der Waals surface area contributed by atoms with Crippen LogP contribution in [0.25, 0.3) is 0 Å². The van der Waals surface area contributed by atoms with E-state index in [2.05, 4.69) is 24.1 Å². The first kappa shape index (κ1) is 20.8. The van der Waals surface area contributed by atoms with Crippen molar-refractivity contribution in [1.29, 1.82) is 0 Å². The molecule has 0 aromatic heterocycles. The number of likely N-dealkylation sites (N-methyl/N-ethyl adjacent to an activating group) is 1. The lowest BCUT2D eigenvalue weighted by Crippen LogP contribution is -2.60. The van der Waals surface area contributed by atoms with Crippen LogP contribution in [0.4, 0.5) is 4.79 Å². The van der Waals surface area contributed by atoms with Gasteiger partial charge >= 0.3 is 6.03 Å². The average Bonchev–Trinajstić information content (AvgIpc) is 2.88. The zero-order valence-corrected chi connectivity index (χ0v) is 15.0. The summed E-state index contributed by atoms with van der Waals surface area (Å²) in [7, 11) is 1.93. The first-order valence-electron chi connectivity index (χ1n) is 7.56. The smallest absolute Gasteiger partial charge is 0.320 e. The predicted molar refractivity (Wildman–Crippen MR) is 91.8 cm³/mol. The van der Waals surface area contributed by atoms with Gasteiger partial charge in [0.05, 0.1) is 0 Å². The second kappa shape index (κ2) is 9.72. The number of nitrogens with zero attached hydrogens (tertiary/aromatic N) is 3. The second-order valence-corrected chi connectivity index (χ2v) is 6.02. The molecule has 2 amide bonds. The molecular formula is C14H30Cl2N4O. The van der Waals surface area contributed by atoms with Crippen molar-refractivity contribution < 1.29 is 4.79 Å². The lowest BCUT2D eigenvalue weighted by Gasteiger charge is -2.41. The number of nitrogens with one attached hydrogen (secondary N) is 1. The van der Waals surface area contributed by atoms with Gasteiger partial charge in [0, 0.05) is 45.3 Å². The molecule has 2 atom stereocenters. The molecule has 2 aliphatic rings. The van der Waals surface area contributed by atoms with Crippen molar-refractivity contribution in [3.05, 3.63) is 0 Å².